The van der Waals surface area contributed by atoms with Crippen LogP contribution in [0.3, 0.4) is 0 Å². The zero-order valence-electron chi connectivity index (χ0n) is 10.7. The van der Waals surface area contributed by atoms with Crippen molar-refractivity contribution in [2.24, 2.45) is 7.05 Å². The van der Waals surface area contributed by atoms with Crippen LogP contribution in [0, 0.1) is 25.2 Å². The highest BCUT2D eigenvalue weighted by atomic mass is 15.3. The normalized spacial score (nSPS) is 10.1. The summed E-state index contributed by atoms with van der Waals surface area (Å²) < 4.78 is 1.79. The smallest absolute Gasteiger partial charge is 0.127 e. The highest BCUT2D eigenvalue weighted by Gasteiger charge is 2.04. The average molecular weight is 241 g/mol. The van der Waals surface area contributed by atoms with Gasteiger partial charge in [-0.1, -0.05) is 0 Å². The third-order valence-corrected chi connectivity index (χ3v) is 2.66. The second-order valence-corrected chi connectivity index (χ2v) is 4.26. The van der Waals surface area contributed by atoms with Crippen LogP contribution in [-0.2, 0) is 13.6 Å². The molecule has 0 bridgehead atoms. The SMILES string of the molecule is Cc1cc(C#N)cc(NCc2cn(C)nc2C)n1. The van der Waals surface area contributed by atoms with E-state index in [-0.39, 0.29) is 0 Å². The van der Waals surface area contributed by atoms with Gasteiger partial charge in [0, 0.05) is 31.0 Å². The van der Waals surface area contributed by atoms with Gasteiger partial charge in [-0.3, -0.25) is 4.68 Å². The van der Waals surface area contributed by atoms with Crippen molar-refractivity contribution in [3.05, 3.63) is 40.8 Å². The number of aryl methyl sites for hydroxylation is 3. The number of hydrogen-bond donors (Lipinski definition) is 1. The molecule has 0 radical (unpaired) electrons. The molecule has 5 heteroatoms. The highest BCUT2D eigenvalue weighted by molar-refractivity contribution is 5.44. The van der Waals surface area contributed by atoms with Crippen molar-refractivity contribution in [2.45, 2.75) is 20.4 Å². The Bertz CT molecular complexity index is 606. The summed E-state index contributed by atoms with van der Waals surface area (Å²) in [6.45, 7) is 4.50. The van der Waals surface area contributed by atoms with E-state index in [0.717, 1.165) is 22.8 Å². The van der Waals surface area contributed by atoms with Crippen LogP contribution in [0.5, 0.6) is 0 Å². The van der Waals surface area contributed by atoms with Crippen LogP contribution in [0.15, 0.2) is 18.3 Å². The van der Waals surface area contributed by atoms with Gasteiger partial charge in [0.2, 0.25) is 0 Å². The Hall–Kier alpha value is -2.35. The largest absolute Gasteiger partial charge is 0.366 e. The minimum atomic E-state index is 0.618. The summed E-state index contributed by atoms with van der Waals surface area (Å²) >= 11 is 0. The summed E-state index contributed by atoms with van der Waals surface area (Å²) in [6.07, 6.45) is 1.98. The molecule has 0 saturated heterocycles. The van der Waals surface area contributed by atoms with Gasteiger partial charge in [0.15, 0.2) is 0 Å². The topological polar surface area (TPSA) is 66.5 Å². The Labute approximate surface area is 106 Å². The van der Waals surface area contributed by atoms with E-state index < -0.39 is 0 Å². The first-order valence-corrected chi connectivity index (χ1v) is 5.70. The van der Waals surface area contributed by atoms with E-state index in [4.69, 9.17) is 5.26 Å². The lowest BCUT2D eigenvalue weighted by Crippen LogP contribution is -2.03. The number of aromatic nitrogens is 3. The minimum absolute atomic E-state index is 0.618. The van der Waals surface area contributed by atoms with Crippen LogP contribution in [0.25, 0.3) is 0 Å². The highest BCUT2D eigenvalue weighted by Crippen LogP contribution is 2.12. The molecule has 0 atom stereocenters. The number of nitrogens with zero attached hydrogens (tertiary/aromatic N) is 4. The maximum atomic E-state index is 8.90. The predicted molar refractivity (Wildman–Crippen MR) is 69.0 cm³/mol. The van der Waals surface area contributed by atoms with Crippen molar-refractivity contribution in [2.75, 3.05) is 5.32 Å². The Morgan fingerprint density at radius 2 is 2.17 bits per heavy atom. The third kappa shape index (κ3) is 2.66. The van der Waals surface area contributed by atoms with Crippen molar-refractivity contribution in [3.63, 3.8) is 0 Å². The van der Waals surface area contributed by atoms with E-state index in [9.17, 15) is 0 Å². The number of anilines is 1. The molecule has 0 aliphatic heterocycles. The van der Waals surface area contributed by atoms with Gasteiger partial charge in [-0.2, -0.15) is 10.4 Å². The third-order valence-electron chi connectivity index (χ3n) is 2.66. The fourth-order valence-electron chi connectivity index (χ4n) is 1.83. The van der Waals surface area contributed by atoms with Crippen molar-refractivity contribution < 1.29 is 0 Å². The van der Waals surface area contributed by atoms with E-state index in [1.165, 1.54) is 0 Å². The Morgan fingerprint density at radius 1 is 1.39 bits per heavy atom. The van der Waals surface area contributed by atoms with Gasteiger partial charge in [-0.05, 0) is 26.0 Å². The van der Waals surface area contributed by atoms with Crippen LogP contribution < -0.4 is 5.32 Å². The summed E-state index contributed by atoms with van der Waals surface area (Å²) in [4.78, 5) is 4.34. The molecule has 5 nitrogen and oxygen atoms in total. The standard InChI is InChI=1S/C13H15N5/c1-9-4-11(6-14)5-13(16-9)15-7-12-8-18(3)17-10(12)2/h4-5,8H,7H2,1-3H3,(H,15,16). The van der Waals surface area contributed by atoms with Gasteiger partial charge < -0.3 is 5.32 Å². The van der Waals surface area contributed by atoms with Gasteiger partial charge >= 0.3 is 0 Å². The maximum Gasteiger partial charge on any atom is 0.127 e. The molecule has 0 aliphatic rings. The van der Waals surface area contributed by atoms with Gasteiger partial charge in [-0.15, -0.1) is 0 Å². The van der Waals surface area contributed by atoms with E-state index in [0.29, 0.717) is 12.1 Å². The molecule has 2 rings (SSSR count). The predicted octanol–water partition coefficient (Wildman–Crippen LogP) is 1.92. The summed E-state index contributed by atoms with van der Waals surface area (Å²) in [5, 5.41) is 16.4. The number of rotatable bonds is 3. The lowest BCUT2D eigenvalue weighted by atomic mass is 10.2. The molecule has 0 fully saturated rings. The lowest BCUT2D eigenvalue weighted by molar-refractivity contribution is 0.756. The van der Waals surface area contributed by atoms with Crippen molar-refractivity contribution in [1.82, 2.24) is 14.8 Å². The molecule has 2 aromatic heterocycles. The van der Waals surface area contributed by atoms with Gasteiger partial charge in [0.25, 0.3) is 0 Å². The monoisotopic (exact) mass is 241 g/mol. The molecule has 0 aromatic carbocycles. The summed E-state index contributed by atoms with van der Waals surface area (Å²) in [5.74, 6) is 0.717. The zero-order chi connectivity index (χ0) is 13.1. The quantitative estimate of drug-likeness (QED) is 0.891. The second kappa shape index (κ2) is 4.88. The van der Waals surface area contributed by atoms with Gasteiger partial charge in [0.1, 0.15) is 5.82 Å². The molecule has 0 spiro atoms. The zero-order valence-corrected chi connectivity index (χ0v) is 10.7. The van der Waals surface area contributed by atoms with Gasteiger partial charge in [0.05, 0.1) is 17.3 Å². The Balaban J connectivity index is 2.13. The van der Waals surface area contributed by atoms with Crippen LogP contribution in [0.4, 0.5) is 5.82 Å². The molecule has 92 valence electrons. The number of pyridine rings is 1. The van der Waals surface area contributed by atoms with Crippen molar-refractivity contribution >= 4 is 5.82 Å². The summed E-state index contributed by atoms with van der Waals surface area (Å²) in [6, 6.07) is 5.64. The lowest BCUT2D eigenvalue weighted by Gasteiger charge is -2.06. The first kappa shape index (κ1) is 12.1. The summed E-state index contributed by atoms with van der Waals surface area (Å²) in [7, 11) is 1.90. The minimum Gasteiger partial charge on any atom is -0.366 e. The van der Waals surface area contributed by atoms with Crippen LogP contribution in [-0.4, -0.2) is 14.8 Å². The van der Waals surface area contributed by atoms with Crippen molar-refractivity contribution in [1.29, 1.82) is 5.26 Å². The first-order valence-electron chi connectivity index (χ1n) is 5.70. The molecule has 18 heavy (non-hydrogen) atoms. The second-order valence-electron chi connectivity index (χ2n) is 4.26. The fraction of sp³-hybridized carbons (Fsp3) is 0.308. The van der Waals surface area contributed by atoms with Gasteiger partial charge in [-0.25, -0.2) is 4.98 Å². The van der Waals surface area contributed by atoms with E-state index in [2.05, 4.69) is 21.5 Å². The van der Waals surface area contributed by atoms with Crippen LogP contribution >= 0.6 is 0 Å². The molecule has 2 aromatic rings. The van der Waals surface area contributed by atoms with E-state index in [1.807, 2.05) is 27.1 Å². The molecule has 0 aliphatic carbocycles. The fourth-order valence-corrected chi connectivity index (χ4v) is 1.83. The molecule has 2 heterocycles. The molecular weight excluding hydrogens is 226 g/mol. The first-order chi connectivity index (χ1) is 8.58. The van der Waals surface area contributed by atoms with Crippen molar-refractivity contribution in [3.8, 4) is 6.07 Å². The Morgan fingerprint density at radius 3 is 2.78 bits per heavy atom. The molecule has 0 unspecified atom stereocenters. The number of nitrogens with one attached hydrogen (secondary N) is 1. The number of hydrogen-bond acceptors (Lipinski definition) is 4. The summed E-state index contributed by atoms with van der Waals surface area (Å²) in [5.41, 5.74) is 3.57. The molecular formula is C13H15N5. The Kier molecular flexibility index (Phi) is 3.28. The van der Waals surface area contributed by atoms with Crippen LogP contribution in [0.2, 0.25) is 0 Å². The number of nitriles is 1. The average Bonchev–Trinajstić information content (AvgIpc) is 2.64. The maximum absolute atomic E-state index is 8.90. The van der Waals surface area contributed by atoms with E-state index >= 15 is 0 Å². The van der Waals surface area contributed by atoms with Crippen LogP contribution in [0.1, 0.15) is 22.5 Å². The molecule has 0 saturated carbocycles. The van der Waals surface area contributed by atoms with E-state index in [1.54, 1.807) is 16.8 Å². The molecule has 0 amide bonds. The molecule has 1 N–H and O–H groups in total.